The van der Waals surface area contributed by atoms with Crippen molar-refractivity contribution >= 4 is 11.6 Å². The number of unbranched alkanes of at least 4 members (excludes halogenated alkanes) is 2. The van der Waals surface area contributed by atoms with Crippen LogP contribution < -0.4 is 5.73 Å². The summed E-state index contributed by atoms with van der Waals surface area (Å²) in [6, 6.07) is 8.07. The molecule has 16 heavy (non-hydrogen) atoms. The number of halogens is 1. The lowest BCUT2D eigenvalue weighted by Crippen LogP contribution is -2.17. The van der Waals surface area contributed by atoms with E-state index in [0.29, 0.717) is 5.92 Å². The summed E-state index contributed by atoms with van der Waals surface area (Å²) in [5.41, 5.74) is 7.04. The van der Waals surface area contributed by atoms with Gasteiger partial charge in [0.15, 0.2) is 0 Å². The third-order valence-corrected chi connectivity index (χ3v) is 3.38. The van der Waals surface area contributed by atoms with Crippen LogP contribution >= 0.6 is 11.6 Å². The van der Waals surface area contributed by atoms with E-state index < -0.39 is 0 Å². The second kappa shape index (κ2) is 7.70. The zero-order valence-corrected chi connectivity index (χ0v) is 10.8. The lowest BCUT2D eigenvalue weighted by atomic mass is 9.94. The summed E-state index contributed by atoms with van der Waals surface area (Å²) in [5, 5.41) is 0.872. The van der Waals surface area contributed by atoms with Crippen molar-refractivity contribution < 1.29 is 0 Å². The summed E-state index contributed by atoms with van der Waals surface area (Å²) in [5.74, 6) is 0.575. The maximum Gasteiger partial charge on any atom is 0.0438 e. The van der Waals surface area contributed by atoms with Crippen LogP contribution in [0.5, 0.6) is 0 Å². The van der Waals surface area contributed by atoms with Crippen LogP contribution in [-0.2, 0) is 6.42 Å². The van der Waals surface area contributed by atoms with Crippen molar-refractivity contribution in [2.24, 2.45) is 11.7 Å². The van der Waals surface area contributed by atoms with Gasteiger partial charge < -0.3 is 5.73 Å². The Balaban J connectivity index is 2.46. The molecule has 1 aromatic carbocycles. The highest BCUT2D eigenvalue weighted by Gasteiger charge is 2.09. The number of benzene rings is 1. The van der Waals surface area contributed by atoms with Gasteiger partial charge in [-0.05, 0) is 36.9 Å². The largest absolute Gasteiger partial charge is 0.330 e. The monoisotopic (exact) mass is 239 g/mol. The minimum atomic E-state index is 0.575. The molecule has 0 saturated heterocycles. The smallest absolute Gasteiger partial charge is 0.0438 e. The number of rotatable bonds is 7. The van der Waals surface area contributed by atoms with Gasteiger partial charge in [0.2, 0.25) is 0 Å². The maximum absolute atomic E-state index is 6.15. The molecule has 1 rings (SSSR count). The third kappa shape index (κ3) is 4.54. The molecule has 0 spiro atoms. The number of hydrogen-bond acceptors (Lipinski definition) is 1. The zero-order valence-electron chi connectivity index (χ0n) is 10.1. The number of nitrogens with two attached hydrogens (primary N) is 1. The normalized spacial score (nSPS) is 12.7. The third-order valence-electron chi connectivity index (χ3n) is 3.02. The molecule has 0 aliphatic heterocycles. The summed E-state index contributed by atoms with van der Waals surface area (Å²) in [6.45, 7) is 2.99. The minimum absolute atomic E-state index is 0.575. The fraction of sp³-hybridized carbons (Fsp3) is 0.571. The Labute approximate surface area is 104 Å². The van der Waals surface area contributed by atoms with Crippen LogP contribution in [0, 0.1) is 5.92 Å². The highest BCUT2D eigenvalue weighted by atomic mass is 35.5. The van der Waals surface area contributed by atoms with Crippen molar-refractivity contribution in [3.8, 4) is 0 Å². The first-order chi connectivity index (χ1) is 7.77. The Morgan fingerprint density at radius 2 is 2.00 bits per heavy atom. The predicted molar refractivity (Wildman–Crippen MR) is 71.8 cm³/mol. The van der Waals surface area contributed by atoms with Crippen LogP contribution in [-0.4, -0.2) is 6.54 Å². The lowest BCUT2D eigenvalue weighted by Gasteiger charge is -2.15. The fourth-order valence-electron chi connectivity index (χ4n) is 1.96. The SMILES string of the molecule is CCCCCC(CN)Cc1ccccc1Cl. The van der Waals surface area contributed by atoms with Crippen LogP contribution in [0.4, 0.5) is 0 Å². The van der Waals surface area contributed by atoms with Crippen molar-refractivity contribution in [3.63, 3.8) is 0 Å². The molecule has 0 saturated carbocycles. The molecule has 0 heterocycles. The molecule has 0 fully saturated rings. The molecule has 2 heteroatoms. The zero-order chi connectivity index (χ0) is 11.8. The van der Waals surface area contributed by atoms with Gasteiger partial charge in [-0.25, -0.2) is 0 Å². The van der Waals surface area contributed by atoms with Crippen LogP contribution in [0.3, 0.4) is 0 Å². The van der Waals surface area contributed by atoms with E-state index in [2.05, 4.69) is 13.0 Å². The van der Waals surface area contributed by atoms with Gasteiger partial charge in [-0.1, -0.05) is 56.0 Å². The van der Waals surface area contributed by atoms with E-state index >= 15 is 0 Å². The van der Waals surface area contributed by atoms with Gasteiger partial charge in [0, 0.05) is 5.02 Å². The maximum atomic E-state index is 6.15. The van der Waals surface area contributed by atoms with Crippen molar-refractivity contribution in [1.82, 2.24) is 0 Å². The van der Waals surface area contributed by atoms with E-state index in [1.807, 2.05) is 18.2 Å². The average Bonchev–Trinajstić information content (AvgIpc) is 2.30. The summed E-state index contributed by atoms with van der Waals surface area (Å²) >= 11 is 6.15. The van der Waals surface area contributed by atoms with E-state index in [1.54, 1.807) is 0 Å². The minimum Gasteiger partial charge on any atom is -0.330 e. The average molecular weight is 240 g/mol. The van der Waals surface area contributed by atoms with Crippen LogP contribution in [0.25, 0.3) is 0 Å². The van der Waals surface area contributed by atoms with Crippen molar-refractivity contribution in [1.29, 1.82) is 0 Å². The molecule has 90 valence electrons. The van der Waals surface area contributed by atoms with Gasteiger partial charge in [-0.3, -0.25) is 0 Å². The summed E-state index contributed by atoms with van der Waals surface area (Å²) in [7, 11) is 0. The van der Waals surface area contributed by atoms with Crippen LogP contribution in [0.1, 0.15) is 38.2 Å². The Kier molecular flexibility index (Phi) is 6.51. The van der Waals surface area contributed by atoms with Crippen molar-refractivity contribution in [2.75, 3.05) is 6.54 Å². The summed E-state index contributed by atoms with van der Waals surface area (Å²) in [6.07, 6.45) is 6.08. The Hall–Kier alpha value is -0.530. The Morgan fingerprint density at radius 3 is 2.62 bits per heavy atom. The molecule has 0 radical (unpaired) electrons. The lowest BCUT2D eigenvalue weighted by molar-refractivity contribution is 0.465. The topological polar surface area (TPSA) is 26.0 Å². The second-order valence-electron chi connectivity index (χ2n) is 4.39. The first-order valence-corrected chi connectivity index (χ1v) is 6.59. The first-order valence-electron chi connectivity index (χ1n) is 6.21. The molecule has 1 unspecified atom stereocenters. The second-order valence-corrected chi connectivity index (χ2v) is 4.80. The molecule has 0 aliphatic carbocycles. The first kappa shape index (κ1) is 13.5. The highest BCUT2D eigenvalue weighted by Crippen LogP contribution is 2.21. The highest BCUT2D eigenvalue weighted by molar-refractivity contribution is 6.31. The van der Waals surface area contributed by atoms with Gasteiger partial charge in [0.1, 0.15) is 0 Å². The summed E-state index contributed by atoms with van der Waals surface area (Å²) < 4.78 is 0. The van der Waals surface area contributed by atoms with E-state index in [9.17, 15) is 0 Å². The molecule has 0 amide bonds. The van der Waals surface area contributed by atoms with E-state index in [4.69, 9.17) is 17.3 Å². The molecule has 1 atom stereocenters. The van der Waals surface area contributed by atoms with Gasteiger partial charge in [0.05, 0.1) is 0 Å². The quantitative estimate of drug-likeness (QED) is 0.715. The van der Waals surface area contributed by atoms with Gasteiger partial charge in [0.25, 0.3) is 0 Å². The Morgan fingerprint density at radius 1 is 1.25 bits per heavy atom. The molecule has 0 bridgehead atoms. The van der Waals surface area contributed by atoms with Gasteiger partial charge in [-0.2, -0.15) is 0 Å². The molecule has 2 N–H and O–H groups in total. The molecule has 1 nitrogen and oxygen atoms in total. The molecular weight excluding hydrogens is 218 g/mol. The number of hydrogen-bond donors (Lipinski definition) is 1. The summed E-state index contributed by atoms with van der Waals surface area (Å²) in [4.78, 5) is 0. The Bertz CT molecular complexity index is 299. The predicted octanol–water partition coefficient (Wildman–Crippen LogP) is 4.04. The van der Waals surface area contributed by atoms with Gasteiger partial charge >= 0.3 is 0 Å². The molecular formula is C14H22ClN. The van der Waals surface area contributed by atoms with Crippen molar-refractivity contribution in [3.05, 3.63) is 34.9 Å². The molecule has 0 aromatic heterocycles. The van der Waals surface area contributed by atoms with E-state index in [-0.39, 0.29) is 0 Å². The standard InChI is InChI=1S/C14H22ClN/c1-2-3-4-7-12(11-16)10-13-8-5-6-9-14(13)15/h5-6,8-9,12H,2-4,7,10-11,16H2,1H3. The van der Waals surface area contributed by atoms with E-state index in [1.165, 1.54) is 31.2 Å². The van der Waals surface area contributed by atoms with Gasteiger partial charge in [-0.15, -0.1) is 0 Å². The molecule has 1 aromatic rings. The van der Waals surface area contributed by atoms with Crippen LogP contribution in [0.2, 0.25) is 5.02 Å². The molecule has 0 aliphatic rings. The van der Waals surface area contributed by atoms with E-state index in [0.717, 1.165) is 18.0 Å². The fourth-order valence-corrected chi connectivity index (χ4v) is 2.17. The van der Waals surface area contributed by atoms with Crippen LogP contribution in [0.15, 0.2) is 24.3 Å². The van der Waals surface area contributed by atoms with Crippen molar-refractivity contribution in [2.45, 2.75) is 39.0 Å².